The number of hydrogen-bond acceptors (Lipinski definition) is 3. The number of rotatable bonds is 7. The van der Waals surface area contributed by atoms with Crippen LogP contribution < -0.4 is 4.72 Å². The van der Waals surface area contributed by atoms with Crippen LogP contribution in [-0.2, 0) is 22.9 Å². The van der Waals surface area contributed by atoms with Crippen molar-refractivity contribution in [3.8, 4) is 0 Å². The minimum absolute atomic E-state index is 0. The van der Waals surface area contributed by atoms with Gasteiger partial charge in [-0.2, -0.15) is 0 Å². The Hall–Kier alpha value is -1.08. The summed E-state index contributed by atoms with van der Waals surface area (Å²) in [6, 6.07) is 6.11. The summed E-state index contributed by atoms with van der Waals surface area (Å²) in [6.07, 6.45) is 3.55. The van der Waals surface area contributed by atoms with E-state index in [1.165, 1.54) is 18.0 Å². The van der Waals surface area contributed by atoms with Gasteiger partial charge in [0.1, 0.15) is 0 Å². The van der Waals surface area contributed by atoms with E-state index in [0.29, 0.717) is 6.42 Å². The lowest BCUT2D eigenvalue weighted by molar-refractivity contribution is 0.414. The fourth-order valence-corrected chi connectivity index (χ4v) is 2.99. The molecular formula is C15H24ClN3O2S. The van der Waals surface area contributed by atoms with Crippen molar-refractivity contribution in [2.75, 3.05) is 33.4 Å². The van der Waals surface area contributed by atoms with Gasteiger partial charge in [0.2, 0.25) is 10.0 Å². The summed E-state index contributed by atoms with van der Waals surface area (Å²) in [4.78, 5) is 5.43. The molecule has 1 aromatic carbocycles. The smallest absolute Gasteiger partial charge is 0.211 e. The largest absolute Gasteiger partial charge is 0.361 e. The number of sulfonamides is 1. The first-order valence-corrected chi connectivity index (χ1v) is 8.71. The molecule has 124 valence electrons. The van der Waals surface area contributed by atoms with E-state index in [1.54, 1.807) is 0 Å². The average molecular weight is 346 g/mol. The zero-order valence-corrected chi connectivity index (χ0v) is 14.9. The Bertz CT molecular complexity index is 711. The highest BCUT2D eigenvalue weighted by Gasteiger charge is 2.09. The molecule has 0 spiro atoms. The van der Waals surface area contributed by atoms with Crippen LogP contribution in [0.4, 0.5) is 0 Å². The molecule has 1 aromatic heterocycles. The van der Waals surface area contributed by atoms with Crippen LogP contribution >= 0.6 is 12.4 Å². The topological polar surface area (TPSA) is 65.2 Å². The first-order valence-electron chi connectivity index (χ1n) is 7.06. The van der Waals surface area contributed by atoms with E-state index in [9.17, 15) is 8.42 Å². The minimum Gasteiger partial charge on any atom is -0.361 e. The van der Waals surface area contributed by atoms with Crippen molar-refractivity contribution in [1.29, 1.82) is 0 Å². The van der Waals surface area contributed by atoms with Crippen LogP contribution in [0, 0.1) is 0 Å². The Kier molecular flexibility index (Phi) is 6.87. The molecule has 0 aliphatic rings. The van der Waals surface area contributed by atoms with Gasteiger partial charge in [0, 0.05) is 23.6 Å². The Labute approximate surface area is 138 Å². The maximum absolute atomic E-state index is 11.5. The van der Waals surface area contributed by atoms with Gasteiger partial charge in [-0.05, 0) is 57.2 Å². The molecule has 22 heavy (non-hydrogen) atoms. The Morgan fingerprint density at radius 3 is 2.59 bits per heavy atom. The number of aromatic amines is 1. The van der Waals surface area contributed by atoms with Crippen molar-refractivity contribution in [2.24, 2.45) is 0 Å². The highest BCUT2D eigenvalue weighted by atomic mass is 35.5. The third-order valence-electron chi connectivity index (χ3n) is 3.63. The average Bonchev–Trinajstić information content (AvgIpc) is 2.85. The highest BCUT2D eigenvalue weighted by Crippen LogP contribution is 2.21. The molecule has 0 aliphatic heterocycles. The normalized spacial score (nSPS) is 11.8. The lowest BCUT2D eigenvalue weighted by Crippen LogP contribution is -2.23. The van der Waals surface area contributed by atoms with Gasteiger partial charge in [-0.1, -0.05) is 6.07 Å². The van der Waals surface area contributed by atoms with Gasteiger partial charge in [-0.3, -0.25) is 0 Å². The number of benzene rings is 1. The molecule has 0 saturated carbocycles. The number of halogens is 1. The highest BCUT2D eigenvalue weighted by molar-refractivity contribution is 7.89. The van der Waals surface area contributed by atoms with E-state index in [-0.39, 0.29) is 18.2 Å². The SMILES string of the molecule is CNS(=O)(=O)CCc1ccc2[nH]cc(CCN(C)C)c2c1.Cl. The maximum Gasteiger partial charge on any atom is 0.211 e. The number of H-pyrrole nitrogens is 1. The van der Waals surface area contributed by atoms with Crippen molar-refractivity contribution in [3.05, 3.63) is 35.5 Å². The fraction of sp³-hybridized carbons (Fsp3) is 0.467. The molecule has 5 nitrogen and oxygen atoms in total. The summed E-state index contributed by atoms with van der Waals surface area (Å²) >= 11 is 0. The number of fused-ring (bicyclic) bond motifs is 1. The van der Waals surface area contributed by atoms with Gasteiger partial charge >= 0.3 is 0 Å². The molecule has 2 aromatic rings. The maximum atomic E-state index is 11.5. The first kappa shape index (κ1) is 19.0. The molecule has 0 radical (unpaired) electrons. The third-order valence-corrected chi connectivity index (χ3v) is 4.99. The van der Waals surface area contributed by atoms with Crippen LogP contribution in [0.2, 0.25) is 0 Å². The molecule has 2 rings (SSSR count). The van der Waals surface area contributed by atoms with Crippen LogP contribution in [0.5, 0.6) is 0 Å². The molecule has 0 fully saturated rings. The number of aromatic nitrogens is 1. The summed E-state index contributed by atoms with van der Waals surface area (Å²) in [5.74, 6) is 0.118. The van der Waals surface area contributed by atoms with Crippen LogP contribution in [-0.4, -0.2) is 51.7 Å². The van der Waals surface area contributed by atoms with Gasteiger partial charge in [-0.25, -0.2) is 13.1 Å². The zero-order chi connectivity index (χ0) is 15.5. The number of likely N-dealkylation sites (N-methyl/N-ethyl adjacent to an activating group) is 1. The molecule has 0 saturated heterocycles. The molecule has 1 heterocycles. The molecule has 0 unspecified atom stereocenters. The second-order valence-electron chi connectivity index (χ2n) is 5.52. The number of aryl methyl sites for hydroxylation is 1. The quantitative estimate of drug-likeness (QED) is 0.804. The second-order valence-corrected chi connectivity index (χ2v) is 7.57. The van der Waals surface area contributed by atoms with Crippen LogP contribution in [0.3, 0.4) is 0 Å². The van der Waals surface area contributed by atoms with Crippen LogP contribution in [0.1, 0.15) is 11.1 Å². The van der Waals surface area contributed by atoms with Gasteiger partial charge in [0.25, 0.3) is 0 Å². The van der Waals surface area contributed by atoms with E-state index < -0.39 is 10.0 Å². The summed E-state index contributed by atoms with van der Waals surface area (Å²) in [7, 11) is 2.41. The third kappa shape index (κ3) is 4.98. The van der Waals surface area contributed by atoms with Crippen molar-refractivity contribution in [3.63, 3.8) is 0 Å². The summed E-state index contributed by atoms with van der Waals surface area (Å²) in [5, 5.41) is 1.19. The van der Waals surface area contributed by atoms with E-state index in [1.807, 2.05) is 18.3 Å². The number of nitrogens with one attached hydrogen (secondary N) is 2. The van der Waals surface area contributed by atoms with Gasteiger partial charge in [-0.15, -0.1) is 12.4 Å². The lowest BCUT2D eigenvalue weighted by atomic mass is 10.1. The molecule has 2 N–H and O–H groups in total. The standard InChI is InChI=1S/C15H23N3O2S.ClH/c1-16-21(19,20)9-7-12-4-5-15-14(10-12)13(11-17-15)6-8-18(2)3;/h4-5,10-11,16-17H,6-9H2,1-3H3;1H. The molecule has 7 heteroatoms. The number of hydrogen-bond donors (Lipinski definition) is 2. The van der Waals surface area contributed by atoms with Crippen molar-refractivity contribution >= 4 is 33.3 Å². The summed E-state index contributed by atoms with van der Waals surface area (Å²) < 4.78 is 25.4. The molecule has 0 aliphatic carbocycles. The van der Waals surface area contributed by atoms with E-state index in [2.05, 4.69) is 34.8 Å². The van der Waals surface area contributed by atoms with Crippen molar-refractivity contribution < 1.29 is 8.42 Å². The molecule has 0 atom stereocenters. The van der Waals surface area contributed by atoms with E-state index >= 15 is 0 Å². The second kappa shape index (κ2) is 7.97. The Balaban J connectivity index is 0.00000242. The lowest BCUT2D eigenvalue weighted by Gasteiger charge is -2.08. The first-order chi connectivity index (χ1) is 9.91. The predicted molar refractivity (Wildman–Crippen MR) is 94.4 cm³/mol. The van der Waals surface area contributed by atoms with E-state index in [4.69, 9.17) is 0 Å². The predicted octanol–water partition coefficient (Wildman–Crippen LogP) is 1.79. The van der Waals surface area contributed by atoms with Crippen molar-refractivity contribution in [2.45, 2.75) is 12.8 Å². The van der Waals surface area contributed by atoms with Crippen LogP contribution in [0.15, 0.2) is 24.4 Å². The Morgan fingerprint density at radius 1 is 1.23 bits per heavy atom. The van der Waals surface area contributed by atoms with Crippen LogP contribution in [0.25, 0.3) is 10.9 Å². The van der Waals surface area contributed by atoms with Gasteiger partial charge in [0.05, 0.1) is 5.75 Å². The summed E-state index contributed by atoms with van der Waals surface area (Å²) in [5.41, 5.74) is 3.42. The van der Waals surface area contributed by atoms with Gasteiger partial charge < -0.3 is 9.88 Å². The summed E-state index contributed by atoms with van der Waals surface area (Å²) in [6.45, 7) is 0.991. The zero-order valence-electron chi connectivity index (χ0n) is 13.2. The molecule has 0 amide bonds. The fourth-order valence-electron chi connectivity index (χ4n) is 2.29. The van der Waals surface area contributed by atoms with Gasteiger partial charge in [0.15, 0.2) is 0 Å². The van der Waals surface area contributed by atoms with Crippen molar-refractivity contribution in [1.82, 2.24) is 14.6 Å². The van der Waals surface area contributed by atoms with E-state index in [0.717, 1.165) is 24.0 Å². The molecule has 0 bridgehead atoms. The Morgan fingerprint density at radius 2 is 1.95 bits per heavy atom. The number of nitrogens with zero attached hydrogens (tertiary/aromatic N) is 1. The molecular weight excluding hydrogens is 322 g/mol. The minimum atomic E-state index is -3.15. The monoisotopic (exact) mass is 345 g/mol.